The van der Waals surface area contributed by atoms with Crippen LogP contribution in [0.1, 0.15) is 22.2 Å². The molecule has 0 radical (unpaired) electrons. The van der Waals surface area contributed by atoms with Gasteiger partial charge in [-0.2, -0.15) is 0 Å². The van der Waals surface area contributed by atoms with E-state index in [1.807, 2.05) is 0 Å². The number of carbonyl (C=O) groups excluding carboxylic acids is 1. The third-order valence-corrected chi connectivity index (χ3v) is 1.68. The number of nitro benzene ring substituents is 1. The lowest BCUT2D eigenvalue weighted by Gasteiger charge is -2.03. The smallest absolute Gasteiger partial charge is 0.280 e. The quantitative estimate of drug-likeness (QED) is 0.316. The molecule has 1 rings (SSSR count). The number of benzene rings is 1. The molecule has 0 saturated heterocycles. The fraction of sp³-hybridized carbons (Fsp3) is 0.125. The van der Waals surface area contributed by atoms with Crippen molar-refractivity contribution in [3.05, 3.63) is 39.4 Å². The summed E-state index contributed by atoms with van der Waals surface area (Å²) in [4.78, 5) is 20.1. The first-order valence-electron chi connectivity index (χ1n) is 3.66. The summed E-state index contributed by atoms with van der Waals surface area (Å²) < 4.78 is 0. The van der Waals surface area contributed by atoms with Crippen LogP contribution in [0.4, 0.5) is 5.69 Å². The summed E-state index contributed by atoms with van der Waals surface area (Å²) in [5, 5.41) is 27.9. The highest BCUT2D eigenvalue weighted by molar-refractivity contribution is 5.81. The van der Waals surface area contributed by atoms with Gasteiger partial charge in [-0.05, 0) is 6.07 Å². The molecule has 0 saturated carbocycles. The van der Waals surface area contributed by atoms with Gasteiger partial charge < -0.3 is 10.2 Å². The van der Waals surface area contributed by atoms with Crippen LogP contribution in [-0.4, -0.2) is 21.4 Å². The molecule has 0 spiro atoms. The zero-order valence-electron chi connectivity index (χ0n) is 6.95. The first-order valence-corrected chi connectivity index (χ1v) is 3.66. The van der Waals surface area contributed by atoms with Gasteiger partial charge in [0.15, 0.2) is 12.6 Å². The normalized spacial score (nSPS) is 10.2. The van der Waals surface area contributed by atoms with Crippen molar-refractivity contribution in [3.63, 3.8) is 0 Å². The second kappa shape index (κ2) is 3.95. The van der Waals surface area contributed by atoms with E-state index < -0.39 is 16.9 Å². The number of hydrogen-bond donors (Lipinski definition) is 2. The highest BCUT2D eigenvalue weighted by Crippen LogP contribution is 2.21. The summed E-state index contributed by atoms with van der Waals surface area (Å²) in [6.07, 6.45) is -1.44. The van der Waals surface area contributed by atoms with Crippen molar-refractivity contribution < 1.29 is 19.9 Å². The monoisotopic (exact) mass is 197 g/mol. The molecular weight excluding hydrogens is 190 g/mol. The van der Waals surface area contributed by atoms with Crippen molar-refractivity contribution in [3.8, 4) is 0 Å². The van der Waals surface area contributed by atoms with E-state index in [0.29, 0.717) is 6.29 Å². The number of nitro groups is 1. The van der Waals surface area contributed by atoms with E-state index in [0.717, 1.165) is 6.07 Å². The van der Waals surface area contributed by atoms with Gasteiger partial charge in [0.1, 0.15) is 0 Å². The second-order valence-corrected chi connectivity index (χ2v) is 2.57. The minimum Gasteiger partial charge on any atom is -0.364 e. The Morgan fingerprint density at radius 1 is 1.43 bits per heavy atom. The molecule has 6 heteroatoms. The molecule has 74 valence electrons. The van der Waals surface area contributed by atoms with E-state index in [1.54, 1.807) is 0 Å². The van der Waals surface area contributed by atoms with E-state index in [2.05, 4.69) is 0 Å². The van der Waals surface area contributed by atoms with Gasteiger partial charge in [0, 0.05) is 11.6 Å². The zero-order chi connectivity index (χ0) is 10.7. The number of aliphatic hydroxyl groups excluding tert-OH is 1. The fourth-order valence-electron chi connectivity index (χ4n) is 0.979. The third kappa shape index (κ3) is 1.93. The largest absolute Gasteiger partial charge is 0.364 e. The Bertz CT molecular complexity index is 374. The molecule has 6 nitrogen and oxygen atoms in total. The Kier molecular flexibility index (Phi) is 2.90. The van der Waals surface area contributed by atoms with E-state index in [4.69, 9.17) is 10.2 Å². The van der Waals surface area contributed by atoms with E-state index in [1.165, 1.54) is 12.1 Å². The molecule has 0 fully saturated rings. The van der Waals surface area contributed by atoms with Gasteiger partial charge in [-0.3, -0.25) is 14.9 Å². The highest BCUT2D eigenvalue weighted by atomic mass is 16.6. The number of nitrogens with zero attached hydrogens (tertiary/aromatic N) is 1. The Morgan fingerprint density at radius 2 is 2.07 bits per heavy atom. The van der Waals surface area contributed by atoms with Crippen LogP contribution in [0.2, 0.25) is 0 Å². The average molecular weight is 197 g/mol. The van der Waals surface area contributed by atoms with Gasteiger partial charge in [-0.15, -0.1) is 0 Å². The SMILES string of the molecule is O=Cc1ccc(C(O)O)cc1[N+](=O)[O-]. The topological polar surface area (TPSA) is 101 Å². The van der Waals surface area contributed by atoms with Crippen LogP contribution in [0.25, 0.3) is 0 Å². The Morgan fingerprint density at radius 3 is 2.50 bits per heavy atom. The molecule has 0 atom stereocenters. The summed E-state index contributed by atoms with van der Waals surface area (Å²) in [7, 11) is 0. The number of rotatable bonds is 3. The molecule has 0 aromatic heterocycles. The van der Waals surface area contributed by atoms with Crippen molar-refractivity contribution in [2.45, 2.75) is 6.29 Å². The molecule has 1 aromatic carbocycles. The van der Waals surface area contributed by atoms with Crippen LogP contribution in [0.15, 0.2) is 18.2 Å². The standard InChI is InChI=1S/C8H7NO5/c10-4-6-2-1-5(8(11)12)3-7(6)9(13)14/h1-4,8,11-12H. The van der Waals surface area contributed by atoms with Crippen LogP contribution < -0.4 is 0 Å². The summed E-state index contributed by atoms with van der Waals surface area (Å²) in [6, 6.07) is 3.36. The van der Waals surface area contributed by atoms with Gasteiger partial charge in [0.25, 0.3) is 5.69 Å². The molecule has 2 N–H and O–H groups in total. The Balaban J connectivity index is 3.27. The van der Waals surface area contributed by atoms with Crippen molar-refractivity contribution in [2.24, 2.45) is 0 Å². The molecule has 0 aliphatic carbocycles. The number of carbonyl (C=O) groups is 1. The summed E-state index contributed by atoms with van der Waals surface area (Å²) >= 11 is 0. The van der Waals surface area contributed by atoms with E-state index in [-0.39, 0.29) is 11.1 Å². The van der Waals surface area contributed by atoms with Crippen LogP contribution in [0.5, 0.6) is 0 Å². The molecule has 0 heterocycles. The predicted octanol–water partition coefficient (Wildman–Crippen LogP) is 0.390. The lowest BCUT2D eigenvalue weighted by Crippen LogP contribution is -1.99. The van der Waals surface area contributed by atoms with Crippen molar-refractivity contribution in [1.82, 2.24) is 0 Å². The fourth-order valence-corrected chi connectivity index (χ4v) is 0.979. The summed E-state index contributed by atoms with van der Waals surface area (Å²) in [5.74, 6) is 0. The molecule has 0 amide bonds. The molecular formula is C8H7NO5. The predicted molar refractivity (Wildman–Crippen MR) is 45.7 cm³/mol. The van der Waals surface area contributed by atoms with Gasteiger partial charge in [-0.1, -0.05) is 6.07 Å². The lowest BCUT2D eigenvalue weighted by molar-refractivity contribution is -0.385. The zero-order valence-corrected chi connectivity index (χ0v) is 6.95. The van der Waals surface area contributed by atoms with Crippen molar-refractivity contribution in [2.75, 3.05) is 0 Å². The lowest BCUT2D eigenvalue weighted by atomic mass is 10.1. The van der Waals surface area contributed by atoms with Crippen LogP contribution in [0, 0.1) is 10.1 Å². The first-order chi connectivity index (χ1) is 6.56. The molecule has 14 heavy (non-hydrogen) atoms. The van der Waals surface area contributed by atoms with Crippen LogP contribution in [-0.2, 0) is 0 Å². The van der Waals surface area contributed by atoms with Crippen LogP contribution >= 0.6 is 0 Å². The average Bonchev–Trinajstić information content (AvgIpc) is 2.16. The van der Waals surface area contributed by atoms with Gasteiger partial charge in [0.2, 0.25) is 0 Å². The number of aliphatic hydroxyl groups is 2. The Labute approximate surface area is 78.6 Å². The van der Waals surface area contributed by atoms with Gasteiger partial charge >= 0.3 is 0 Å². The molecule has 0 aliphatic heterocycles. The maximum absolute atomic E-state index is 10.4. The van der Waals surface area contributed by atoms with Crippen molar-refractivity contribution >= 4 is 12.0 Å². The van der Waals surface area contributed by atoms with Crippen LogP contribution in [0.3, 0.4) is 0 Å². The third-order valence-electron chi connectivity index (χ3n) is 1.68. The van der Waals surface area contributed by atoms with Gasteiger partial charge in [0.05, 0.1) is 10.5 Å². The molecule has 0 unspecified atom stereocenters. The molecule has 0 aliphatic rings. The van der Waals surface area contributed by atoms with Gasteiger partial charge in [-0.25, -0.2) is 0 Å². The van der Waals surface area contributed by atoms with E-state index in [9.17, 15) is 14.9 Å². The first kappa shape index (κ1) is 10.3. The molecule has 1 aromatic rings. The summed E-state index contributed by atoms with van der Waals surface area (Å²) in [6.45, 7) is 0. The maximum Gasteiger partial charge on any atom is 0.280 e. The second-order valence-electron chi connectivity index (χ2n) is 2.57. The summed E-state index contributed by atoms with van der Waals surface area (Å²) in [5.41, 5.74) is -0.563. The highest BCUT2D eigenvalue weighted by Gasteiger charge is 2.15. The minimum atomic E-state index is -1.78. The Hall–Kier alpha value is -1.79. The maximum atomic E-state index is 10.4. The minimum absolute atomic E-state index is 0.0256. The number of hydrogen-bond acceptors (Lipinski definition) is 5. The molecule has 0 bridgehead atoms. The van der Waals surface area contributed by atoms with E-state index >= 15 is 0 Å². The number of aldehydes is 1. The van der Waals surface area contributed by atoms with Crippen molar-refractivity contribution in [1.29, 1.82) is 0 Å².